The molecule has 0 aliphatic rings. The van der Waals surface area contributed by atoms with Gasteiger partial charge in [-0.1, -0.05) is 7.43 Å². The fourth-order valence-corrected chi connectivity index (χ4v) is 0.927. The second-order valence-corrected chi connectivity index (χ2v) is 2.48. The summed E-state index contributed by atoms with van der Waals surface area (Å²) < 4.78 is 25.5. The lowest BCUT2D eigenvalue weighted by molar-refractivity contribution is 0.0951. The number of benzene rings is 1. The van der Waals surface area contributed by atoms with E-state index in [2.05, 4.69) is 5.32 Å². The Hall–Kier alpha value is -1.45. The van der Waals surface area contributed by atoms with Crippen molar-refractivity contribution >= 4 is 5.91 Å². The van der Waals surface area contributed by atoms with Crippen LogP contribution in [0.4, 0.5) is 8.78 Å². The highest BCUT2D eigenvalue weighted by Gasteiger charge is 2.10. The molecule has 0 aliphatic carbocycles. The monoisotopic (exact) mass is 201 g/mol. The number of carbonyl (C=O) groups is 1. The van der Waals surface area contributed by atoms with Gasteiger partial charge in [0.2, 0.25) is 0 Å². The molecule has 1 N–H and O–H groups in total. The lowest BCUT2D eigenvalue weighted by atomic mass is 10.2. The van der Waals surface area contributed by atoms with Crippen molar-refractivity contribution in [2.45, 2.75) is 14.4 Å². The fourth-order valence-electron chi connectivity index (χ4n) is 0.927. The third-order valence-corrected chi connectivity index (χ3v) is 1.51. The van der Waals surface area contributed by atoms with Crippen LogP contribution in [0.5, 0.6) is 0 Å². The Kier molecular flexibility index (Phi) is 4.77. The van der Waals surface area contributed by atoms with Crippen LogP contribution in [0.25, 0.3) is 0 Å². The van der Waals surface area contributed by atoms with Gasteiger partial charge in [-0.3, -0.25) is 4.79 Å². The van der Waals surface area contributed by atoms with Gasteiger partial charge >= 0.3 is 0 Å². The summed E-state index contributed by atoms with van der Waals surface area (Å²) in [7, 11) is 0. The molecule has 0 bridgehead atoms. The smallest absolute Gasteiger partial charge is 0.254 e. The SMILES string of the molecule is C.CCNC(=O)c1cc(F)ccc1F. The highest BCUT2D eigenvalue weighted by atomic mass is 19.1. The first-order valence-corrected chi connectivity index (χ1v) is 3.88. The Labute approximate surface area is 81.9 Å². The second-order valence-electron chi connectivity index (χ2n) is 2.48. The van der Waals surface area contributed by atoms with Crippen molar-refractivity contribution in [3.63, 3.8) is 0 Å². The van der Waals surface area contributed by atoms with Crippen LogP contribution in [0.3, 0.4) is 0 Å². The molecule has 0 heterocycles. The maximum absolute atomic E-state index is 12.9. The maximum Gasteiger partial charge on any atom is 0.254 e. The average Bonchev–Trinajstić information content (AvgIpc) is 2.09. The molecule has 1 aromatic rings. The molecule has 0 aromatic heterocycles. The zero-order valence-electron chi connectivity index (χ0n) is 7.10. The summed E-state index contributed by atoms with van der Waals surface area (Å²) in [4.78, 5) is 11.1. The minimum absolute atomic E-state index is 0. The summed E-state index contributed by atoms with van der Waals surface area (Å²) in [5.74, 6) is -1.94. The molecule has 1 aromatic carbocycles. The van der Waals surface area contributed by atoms with Crippen molar-refractivity contribution in [2.24, 2.45) is 0 Å². The van der Waals surface area contributed by atoms with Crippen molar-refractivity contribution < 1.29 is 13.6 Å². The van der Waals surface area contributed by atoms with Gasteiger partial charge in [0.15, 0.2) is 0 Å². The van der Waals surface area contributed by atoms with Crippen LogP contribution in [0.15, 0.2) is 18.2 Å². The number of amides is 1. The number of nitrogens with one attached hydrogen (secondary N) is 1. The summed E-state index contributed by atoms with van der Waals surface area (Å²) in [6, 6.07) is 2.78. The van der Waals surface area contributed by atoms with E-state index in [-0.39, 0.29) is 13.0 Å². The first-order valence-electron chi connectivity index (χ1n) is 3.88. The molecule has 4 heteroatoms. The molecule has 0 radical (unpaired) electrons. The van der Waals surface area contributed by atoms with Gasteiger partial charge in [0.1, 0.15) is 11.6 Å². The van der Waals surface area contributed by atoms with Gasteiger partial charge in [0, 0.05) is 6.54 Å². The van der Waals surface area contributed by atoms with E-state index in [1.54, 1.807) is 6.92 Å². The zero-order valence-corrected chi connectivity index (χ0v) is 7.10. The lowest BCUT2D eigenvalue weighted by Crippen LogP contribution is -2.23. The van der Waals surface area contributed by atoms with Crippen molar-refractivity contribution in [1.82, 2.24) is 5.32 Å². The molecule has 1 amide bonds. The molecule has 0 saturated carbocycles. The molecule has 0 fully saturated rings. The van der Waals surface area contributed by atoms with Crippen LogP contribution in [0.2, 0.25) is 0 Å². The van der Waals surface area contributed by atoms with Crippen molar-refractivity contribution in [2.75, 3.05) is 6.54 Å². The van der Waals surface area contributed by atoms with E-state index in [0.717, 1.165) is 18.2 Å². The molecular formula is C10H13F2NO. The Morgan fingerprint density at radius 2 is 2.07 bits per heavy atom. The number of hydrogen-bond acceptors (Lipinski definition) is 1. The van der Waals surface area contributed by atoms with Crippen molar-refractivity contribution in [3.05, 3.63) is 35.4 Å². The van der Waals surface area contributed by atoms with Gasteiger partial charge in [-0.25, -0.2) is 8.78 Å². The molecule has 14 heavy (non-hydrogen) atoms. The van der Waals surface area contributed by atoms with E-state index < -0.39 is 17.5 Å². The quantitative estimate of drug-likeness (QED) is 0.781. The van der Waals surface area contributed by atoms with Crippen LogP contribution < -0.4 is 5.32 Å². The molecule has 2 nitrogen and oxygen atoms in total. The number of hydrogen-bond donors (Lipinski definition) is 1. The van der Waals surface area contributed by atoms with Crippen LogP contribution in [0.1, 0.15) is 24.7 Å². The Morgan fingerprint density at radius 1 is 1.43 bits per heavy atom. The Morgan fingerprint density at radius 3 is 2.64 bits per heavy atom. The molecule has 0 aliphatic heterocycles. The van der Waals surface area contributed by atoms with Gasteiger partial charge in [-0.05, 0) is 25.1 Å². The predicted molar refractivity (Wildman–Crippen MR) is 51.1 cm³/mol. The van der Waals surface area contributed by atoms with Crippen molar-refractivity contribution in [1.29, 1.82) is 0 Å². The Bertz CT molecular complexity index is 326. The molecule has 1 rings (SSSR count). The second kappa shape index (κ2) is 5.32. The largest absolute Gasteiger partial charge is 0.352 e. The third kappa shape index (κ3) is 2.80. The molecule has 0 spiro atoms. The predicted octanol–water partition coefficient (Wildman–Crippen LogP) is 2.35. The van der Waals surface area contributed by atoms with Crippen molar-refractivity contribution in [3.8, 4) is 0 Å². The summed E-state index contributed by atoms with van der Waals surface area (Å²) in [6.45, 7) is 2.09. The summed E-state index contributed by atoms with van der Waals surface area (Å²) in [6.07, 6.45) is 0. The molecule has 0 saturated heterocycles. The van der Waals surface area contributed by atoms with Gasteiger partial charge in [0.05, 0.1) is 5.56 Å². The van der Waals surface area contributed by atoms with Crippen LogP contribution >= 0.6 is 0 Å². The third-order valence-electron chi connectivity index (χ3n) is 1.51. The van der Waals surface area contributed by atoms with Gasteiger partial charge in [-0.2, -0.15) is 0 Å². The van der Waals surface area contributed by atoms with E-state index in [1.807, 2.05) is 0 Å². The van der Waals surface area contributed by atoms with Crippen LogP contribution in [0, 0.1) is 11.6 Å². The zero-order chi connectivity index (χ0) is 9.84. The van der Waals surface area contributed by atoms with E-state index in [9.17, 15) is 13.6 Å². The fraction of sp³-hybridized carbons (Fsp3) is 0.300. The van der Waals surface area contributed by atoms with Crippen LogP contribution in [-0.2, 0) is 0 Å². The topological polar surface area (TPSA) is 29.1 Å². The maximum atomic E-state index is 12.9. The van der Waals surface area contributed by atoms with Crippen LogP contribution in [-0.4, -0.2) is 12.5 Å². The lowest BCUT2D eigenvalue weighted by Gasteiger charge is -2.02. The number of carbonyl (C=O) groups excluding carboxylic acids is 1. The molecule has 0 atom stereocenters. The molecule has 78 valence electrons. The number of rotatable bonds is 2. The first-order chi connectivity index (χ1) is 6.15. The summed E-state index contributed by atoms with van der Waals surface area (Å²) in [5, 5.41) is 2.38. The molecule has 0 unspecified atom stereocenters. The number of halogens is 2. The summed E-state index contributed by atoms with van der Waals surface area (Å²) >= 11 is 0. The van der Waals surface area contributed by atoms with Gasteiger partial charge < -0.3 is 5.32 Å². The standard InChI is InChI=1S/C9H9F2NO.CH4/c1-2-12-9(13)7-5-6(10)3-4-8(7)11;/h3-5H,2H2,1H3,(H,12,13);1H4. The first kappa shape index (κ1) is 12.6. The van der Waals surface area contributed by atoms with Gasteiger partial charge in [0.25, 0.3) is 5.91 Å². The highest BCUT2D eigenvalue weighted by molar-refractivity contribution is 5.94. The van der Waals surface area contributed by atoms with Gasteiger partial charge in [-0.15, -0.1) is 0 Å². The Balaban J connectivity index is 0.00000169. The van der Waals surface area contributed by atoms with E-state index in [1.165, 1.54) is 0 Å². The van der Waals surface area contributed by atoms with E-state index in [0.29, 0.717) is 6.54 Å². The minimum Gasteiger partial charge on any atom is -0.352 e. The normalized spacial score (nSPS) is 9.07. The average molecular weight is 201 g/mol. The van der Waals surface area contributed by atoms with E-state index >= 15 is 0 Å². The molecular weight excluding hydrogens is 188 g/mol. The van der Waals surface area contributed by atoms with E-state index in [4.69, 9.17) is 0 Å². The summed E-state index contributed by atoms with van der Waals surface area (Å²) in [5.41, 5.74) is -0.262. The highest BCUT2D eigenvalue weighted by Crippen LogP contribution is 2.08. The minimum atomic E-state index is -0.715.